The summed E-state index contributed by atoms with van der Waals surface area (Å²) in [4.78, 5) is 0. The molecule has 0 fully saturated rings. The van der Waals surface area contributed by atoms with Crippen LogP contribution in [-0.4, -0.2) is 18.3 Å². The van der Waals surface area contributed by atoms with Crippen molar-refractivity contribution in [1.82, 2.24) is 5.32 Å². The van der Waals surface area contributed by atoms with Crippen LogP contribution < -0.4 is 5.32 Å². The van der Waals surface area contributed by atoms with E-state index in [2.05, 4.69) is 60.8 Å². The zero-order chi connectivity index (χ0) is 14.7. The number of nitrogens with one attached hydrogen (secondary N) is 1. The Morgan fingerprint density at radius 1 is 1.00 bits per heavy atom. The van der Waals surface area contributed by atoms with Crippen LogP contribution in [0.15, 0.2) is 48.5 Å². The number of hydrogen-bond acceptors (Lipinski definition) is 2. The predicted octanol–water partition coefficient (Wildman–Crippen LogP) is 3.75. The first kappa shape index (κ1) is 14.3. The summed E-state index contributed by atoms with van der Waals surface area (Å²) in [6.07, 6.45) is 2.17. The van der Waals surface area contributed by atoms with Crippen LogP contribution in [0.2, 0.25) is 0 Å². The Morgan fingerprint density at radius 3 is 2.14 bits per heavy atom. The molecule has 2 aromatic rings. The molecule has 0 amide bonds. The molecule has 21 heavy (non-hydrogen) atoms. The van der Waals surface area contributed by atoms with Gasteiger partial charge >= 0.3 is 0 Å². The van der Waals surface area contributed by atoms with Crippen LogP contribution in [0.4, 0.5) is 0 Å². The third kappa shape index (κ3) is 2.87. The normalized spacial score (nSPS) is 14.8. The number of aliphatic hydroxyl groups excluding tert-OH is 1. The van der Waals surface area contributed by atoms with Gasteiger partial charge in [0.2, 0.25) is 0 Å². The van der Waals surface area contributed by atoms with Crippen molar-refractivity contribution in [3.05, 3.63) is 59.7 Å². The first-order valence-corrected chi connectivity index (χ1v) is 7.83. The van der Waals surface area contributed by atoms with Gasteiger partial charge in [0.25, 0.3) is 0 Å². The quantitative estimate of drug-likeness (QED) is 0.790. The van der Waals surface area contributed by atoms with Gasteiger partial charge in [0.05, 0.1) is 6.04 Å². The maximum absolute atomic E-state index is 9.09. The van der Waals surface area contributed by atoms with E-state index in [9.17, 15) is 0 Å². The average Bonchev–Trinajstić information content (AvgIpc) is 2.86. The standard InChI is InChI=1S/C19H23NO/c1-14(13-21)7-6-12-20-19-17-10-4-2-8-15(17)16-9-3-5-11-18(16)19/h2-5,8-11,14,19-21H,6-7,12-13H2,1H3. The fourth-order valence-electron chi connectivity index (χ4n) is 3.16. The molecule has 0 saturated carbocycles. The lowest BCUT2D eigenvalue weighted by Gasteiger charge is -2.16. The first-order chi connectivity index (χ1) is 10.3. The monoisotopic (exact) mass is 281 g/mol. The Labute approximate surface area is 126 Å². The Balaban J connectivity index is 1.73. The Kier molecular flexibility index (Phi) is 4.37. The van der Waals surface area contributed by atoms with Crippen molar-refractivity contribution in [2.24, 2.45) is 5.92 Å². The fraction of sp³-hybridized carbons (Fsp3) is 0.368. The van der Waals surface area contributed by atoms with Crippen LogP contribution >= 0.6 is 0 Å². The van der Waals surface area contributed by atoms with Crippen molar-refractivity contribution >= 4 is 0 Å². The van der Waals surface area contributed by atoms with Gasteiger partial charge in [-0.2, -0.15) is 0 Å². The highest BCUT2D eigenvalue weighted by atomic mass is 16.3. The molecule has 1 aliphatic rings. The van der Waals surface area contributed by atoms with Crippen molar-refractivity contribution in [3.63, 3.8) is 0 Å². The van der Waals surface area contributed by atoms with Crippen LogP contribution in [0.5, 0.6) is 0 Å². The van der Waals surface area contributed by atoms with Gasteiger partial charge in [0, 0.05) is 6.61 Å². The molecule has 3 rings (SSSR count). The van der Waals surface area contributed by atoms with E-state index in [1.807, 2.05) is 0 Å². The fourth-order valence-corrected chi connectivity index (χ4v) is 3.16. The maximum atomic E-state index is 9.09. The molecular formula is C19H23NO. The van der Waals surface area contributed by atoms with Crippen molar-refractivity contribution in [2.45, 2.75) is 25.8 Å². The molecule has 0 saturated heterocycles. The molecule has 2 N–H and O–H groups in total. The summed E-state index contributed by atoms with van der Waals surface area (Å²) >= 11 is 0. The summed E-state index contributed by atoms with van der Waals surface area (Å²) < 4.78 is 0. The van der Waals surface area contributed by atoms with E-state index in [0.29, 0.717) is 12.0 Å². The largest absolute Gasteiger partial charge is 0.396 e. The SMILES string of the molecule is CC(CO)CCCNC1c2ccccc2-c2ccccc21. The van der Waals surface area contributed by atoms with Crippen LogP contribution in [0, 0.1) is 5.92 Å². The number of rotatable bonds is 6. The second-order valence-electron chi connectivity index (χ2n) is 5.99. The number of aliphatic hydroxyl groups is 1. The molecule has 2 heteroatoms. The highest BCUT2D eigenvalue weighted by Crippen LogP contribution is 2.42. The lowest BCUT2D eigenvalue weighted by atomic mass is 10.0. The van der Waals surface area contributed by atoms with Crippen LogP contribution in [0.1, 0.15) is 36.9 Å². The van der Waals surface area contributed by atoms with Gasteiger partial charge in [-0.25, -0.2) is 0 Å². The molecule has 0 radical (unpaired) electrons. The zero-order valence-electron chi connectivity index (χ0n) is 12.5. The maximum Gasteiger partial charge on any atom is 0.0588 e. The number of fused-ring (bicyclic) bond motifs is 3. The smallest absolute Gasteiger partial charge is 0.0588 e. The minimum atomic E-state index is 0.287. The lowest BCUT2D eigenvalue weighted by molar-refractivity contribution is 0.228. The molecular weight excluding hydrogens is 258 g/mol. The zero-order valence-corrected chi connectivity index (χ0v) is 12.5. The van der Waals surface area contributed by atoms with E-state index >= 15 is 0 Å². The molecule has 1 atom stereocenters. The van der Waals surface area contributed by atoms with Crippen molar-refractivity contribution in [1.29, 1.82) is 0 Å². The summed E-state index contributed by atoms with van der Waals surface area (Å²) in [5.41, 5.74) is 5.48. The third-order valence-electron chi connectivity index (χ3n) is 4.37. The van der Waals surface area contributed by atoms with E-state index in [4.69, 9.17) is 5.11 Å². The molecule has 2 aromatic carbocycles. The van der Waals surface area contributed by atoms with E-state index in [0.717, 1.165) is 19.4 Å². The molecule has 0 heterocycles. The Hall–Kier alpha value is -1.64. The van der Waals surface area contributed by atoms with Crippen LogP contribution in [0.25, 0.3) is 11.1 Å². The average molecular weight is 281 g/mol. The molecule has 2 nitrogen and oxygen atoms in total. The molecule has 0 bridgehead atoms. The van der Waals surface area contributed by atoms with Gasteiger partial charge in [0.15, 0.2) is 0 Å². The van der Waals surface area contributed by atoms with E-state index < -0.39 is 0 Å². The minimum Gasteiger partial charge on any atom is -0.396 e. The third-order valence-corrected chi connectivity index (χ3v) is 4.37. The second-order valence-corrected chi connectivity index (χ2v) is 5.99. The first-order valence-electron chi connectivity index (χ1n) is 7.83. The molecule has 1 unspecified atom stereocenters. The van der Waals surface area contributed by atoms with Crippen molar-refractivity contribution in [2.75, 3.05) is 13.2 Å². The molecule has 0 aromatic heterocycles. The lowest BCUT2D eigenvalue weighted by Crippen LogP contribution is -2.22. The summed E-state index contributed by atoms with van der Waals surface area (Å²) in [6, 6.07) is 17.6. The van der Waals surface area contributed by atoms with Gasteiger partial charge in [-0.3, -0.25) is 0 Å². The predicted molar refractivity (Wildman–Crippen MR) is 87.2 cm³/mol. The second kappa shape index (κ2) is 6.42. The number of benzene rings is 2. The van der Waals surface area contributed by atoms with Gasteiger partial charge in [-0.05, 0) is 47.6 Å². The van der Waals surface area contributed by atoms with Gasteiger partial charge in [-0.1, -0.05) is 55.5 Å². The summed E-state index contributed by atoms with van der Waals surface area (Å²) in [5.74, 6) is 0.398. The summed E-state index contributed by atoms with van der Waals surface area (Å²) in [5, 5.41) is 12.8. The van der Waals surface area contributed by atoms with Gasteiger partial charge < -0.3 is 10.4 Å². The Bertz CT molecular complexity index is 563. The van der Waals surface area contributed by atoms with Crippen molar-refractivity contribution in [3.8, 4) is 11.1 Å². The van der Waals surface area contributed by atoms with E-state index in [-0.39, 0.29) is 6.61 Å². The Morgan fingerprint density at radius 2 is 1.57 bits per heavy atom. The topological polar surface area (TPSA) is 32.3 Å². The highest BCUT2D eigenvalue weighted by Gasteiger charge is 2.27. The van der Waals surface area contributed by atoms with Crippen LogP contribution in [-0.2, 0) is 0 Å². The highest BCUT2D eigenvalue weighted by molar-refractivity contribution is 5.78. The molecule has 110 valence electrons. The van der Waals surface area contributed by atoms with E-state index in [1.165, 1.54) is 22.3 Å². The van der Waals surface area contributed by atoms with Crippen molar-refractivity contribution < 1.29 is 5.11 Å². The molecule has 1 aliphatic carbocycles. The van der Waals surface area contributed by atoms with Gasteiger partial charge in [-0.15, -0.1) is 0 Å². The number of hydrogen-bond donors (Lipinski definition) is 2. The summed E-state index contributed by atoms with van der Waals surface area (Å²) in [6.45, 7) is 3.37. The van der Waals surface area contributed by atoms with Gasteiger partial charge in [0.1, 0.15) is 0 Å². The molecule has 0 aliphatic heterocycles. The molecule has 0 spiro atoms. The van der Waals surface area contributed by atoms with E-state index in [1.54, 1.807) is 0 Å². The van der Waals surface area contributed by atoms with Crippen LogP contribution in [0.3, 0.4) is 0 Å². The minimum absolute atomic E-state index is 0.287. The summed E-state index contributed by atoms with van der Waals surface area (Å²) in [7, 11) is 0.